The molecule has 1 aromatic carbocycles. The van der Waals surface area contributed by atoms with Crippen LogP contribution in [0.3, 0.4) is 0 Å². The quantitative estimate of drug-likeness (QED) is 0.608. The van der Waals surface area contributed by atoms with Crippen LogP contribution in [-0.4, -0.2) is 43.6 Å². The van der Waals surface area contributed by atoms with Crippen molar-refractivity contribution in [3.8, 4) is 17.2 Å². The molecule has 0 spiro atoms. The van der Waals surface area contributed by atoms with Crippen LogP contribution < -0.4 is 19.5 Å². The van der Waals surface area contributed by atoms with Crippen molar-refractivity contribution in [2.24, 2.45) is 0 Å². The Morgan fingerprint density at radius 3 is 2.45 bits per heavy atom. The second-order valence-electron chi connectivity index (χ2n) is 6.49. The maximum Gasteiger partial charge on any atom is 0.255 e. The third kappa shape index (κ3) is 4.22. The Morgan fingerprint density at radius 2 is 1.90 bits per heavy atom. The maximum absolute atomic E-state index is 13.0. The van der Waals surface area contributed by atoms with E-state index in [1.54, 1.807) is 23.5 Å². The highest BCUT2D eigenvalue weighted by Gasteiger charge is 2.23. The zero-order valence-corrected chi connectivity index (χ0v) is 18.0. The average molecular weight is 416 g/mol. The molecule has 8 heteroatoms. The zero-order valence-electron chi connectivity index (χ0n) is 17.2. The molecule has 0 radical (unpaired) electrons. The molecule has 0 fully saturated rings. The highest BCUT2D eigenvalue weighted by molar-refractivity contribution is 7.10. The molecule has 0 aliphatic rings. The number of benzene rings is 1. The van der Waals surface area contributed by atoms with Crippen LogP contribution in [0.5, 0.6) is 17.2 Å². The molecule has 0 aliphatic heterocycles. The van der Waals surface area contributed by atoms with E-state index < -0.39 is 0 Å². The smallest absolute Gasteiger partial charge is 0.255 e. The van der Waals surface area contributed by atoms with E-state index in [9.17, 15) is 4.79 Å². The van der Waals surface area contributed by atoms with Crippen molar-refractivity contribution in [2.45, 2.75) is 19.9 Å². The SMILES string of the molecule is COc1ccc(C(=O)NCC(c2cccs2)n2nc(C)cc2C)c(OC)c1OC. The predicted octanol–water partition coefficient (Wildman–Crippen LogP) is 3.61. The van der Waals surface area contributed by atoms with Gasteiger partial charge in [0.2, 0.25) is 5.75 Å². The first-order chi connectivity index (χ1) is 14.0. The number of hydrogen-bond donors (Lipinski definition) is 1. The monoisotopic (exact) mass is 415 g/mol. The Hall–Kier alpha value is -3.00. The number of nitrogens with one attached hydrogen (secondary N) is 1. The molecule has 1 atom stereocenters. The molecule has 0 saturated heterocycles. The van der Waals surface area contributed by atoms with E-state index in [2.05, 4.69) is 16.5 Å². The molecular formula is C21H25N3O4S. The molecule has 3 aromatic rings. The van der Waals surface area contributed by atoms with Crippen molar-refractivity contribution in [1.29, 1.82) is 0 Å². The molecule has 0 aliphatic carbocycles. The molecule has 1 amide bonds. The highest BCUT2D eigenvalue weighted by Crippen LogP contribution is 2.39. The van der Waals surface area contributed by atoms with Gasteiger partial charge in [0, 0.05) is 17.1 Å². The minimum atomic E-state index is -0.258. The Bertz CT molecular complexity index is 982. The fourth-order valence-corrected chi connectivity index (χ4v) is 4.13. The molecule has 29 heavy (non-hydrogen) atoms. The number of rotatable bonds is 8. The Labute approximate surface area is 174 Å². The molecule has 0 bridgehead atoms. The van der Waals surface area contributed by atoms with Crippen LogP contribution in [0.15, 0.2) is 35.7 Å². The van der Waals surface area contributed by atoms with E-state index in [0.29, 0.717) is 29.4 Å². The van der Waals surface area contributed by atoms with E-state index in [-0.39, 0.29) is 11.9 Å². The summed E-state index contributed by atoms with van der Waals surface area (Å²) >= 11 is 1.64. The Morgan fingerprint density at radius 1 is 1.14 bits per heavy atom. The number of hydrogen-bond acceptors (Lipinski definition) is 6. The number of amides is 1. The summed E-state index contributed by atoms with van der Waals surface area (Å²) in [6, 6.07) is 9.33. The van der Waals surface area contributed by atoms with Crippen molar-refractivity contribution in [2.75, 3.05) is 27.9 Å². The standard InChI is InChI=1S/C21H25N3O4S/c1-13-11-14(2)24(23-13)16(18-7-6-10-29-18)12-22-21(25)15-8-9-17(26-3)20(28-5)19(15)27-4/h6-11,16H,12H2,1-5H3,(H,22,25). The van der Waals surface area contributed by atoms with Gasteiger partial charge in [0.1, 0.15) is 6.04 Å². The minimum Gasteiger partial charge on any atom is -0.493 e. The van der Waals surface area contributed by atoms with Crippen molar-refractivity contribution < 1.29 is 19.0 Å². The van der Waals surface area contributed by atoms with E-state index in [4.69, 9.17) is 14.2 Å². The summed E-state index contributed by atoms with van der Waals surface area (Å²) in [4.78, 5) is 14.1. The second-order valence-corrected chi connectivity index (χ2v) is 7.47. The summed E-state index contributed by atoms with van der Waals surface area (Å²) < 4.78 is 18.1. The van der Waals surface area contributed by atoms with Gasteiger partial charge < -0.3 is 19.5 Å². The fourth-order valence-electron chi connectivity index (χ4n) is 3.31. The first-order valence-corrected chi connectivity index (χ1v) is 10.0. The Kier molecular flexibility index (Phi) is 6.43. The fraction of sp³-hybridized carbons (Fsp3) is 0.333. The maximum atomic E-state index is 13.0. The lowest BCUT2D eigenvalue weighted by Crippen LogP contribution is -2.32. The number of nitrogens with zero attached hydrogens (tertiary/aromatic N) is 2. The number of aromatic nitrogens is 2. The molecule has 1 N–H and O–H groups in total. The second kappa shape index (κ2) is 9.00. The normalized spacial score (nSPS) is 11.8. The van der Waals surface area contributed by atoms with Crippen LogP contribution in [0, 0.1) is 13.8 Å². The number of carbonyl (C=O) groups is 1. The van der Waals surface area contributed by atoms with Gasteiger partial charge in [-0.15, -0.1) is 11.3 Å². The van der Waals surface area contributed by atoms with E-state index in [1.807, 2.05) is 36.0 Å². The summed E-state index contributed by atoms with van der Waals surface area (Å²) in [5, 5.41) is 9.65. The van der Waals surface area contributed by atoms with Gasteiger partial charge in [-0.1, -0.05) is 6.07 Å². The summed E-state index contributed by atoms with van der Waals surface area (Å²) in [7, 11) is 4.55. The number of carbonyl (C=O) groups excluding carboxylic acids is 1. The number of ether oxygens (including phenoxy) is 3. The molecule has 3 rings (SSSR count). The van der Waals surface area contributed by atoms with Gasteiger partial charge in [0.25, 0.3) is 5.91 Å². The number of methoxy groups -OCH3 is 3. The summed E-state index contributed by atoms with van der Waals surface area (Å²) in [6.45, 7) is 4.36. The average Bonchev–Trinajstić information content (AvgIpc) is 3.36. The number of thiophene rings is 1. The molecular weight excluding hydrogens is 390 g/mol. The largest absolute Gasteiger partial charge is 0.493 e. The lowest BCUT2D eigenvalue weighted by atomic mass is 10.1. The molecule has 7 nitrogen and oxygen atoms in total. The zero-order chi connectivity index (χ0) is 21.0. The lowest BCUT2D eigenvalue weighted by Gasteiger charge is -2.20. The van der Waals surface area contributed by atoms with Crippen LogP contribution in [0.4, 0.5) is 0 Å². The molecule has 154 valence electrons. The first-order valence-electron chi connectivity index (χ1n) is 9.13. The van der Waals surface area contributed by atoms with Crippen molar-refractivity contribution in [1.82, 2.24) is 15.1 Å². The topological polar surface area (TPSA) is 74.6 Å². The lowest BCUT2D eigenvalue weighted by molar-refractivity contribution is 0.0945. The van der Waals surface area contributed by atoms with E-state index in [1.165, 1.54) is 21.3 Å². The van der Waals surface area contributed by atoms with E-state index >= 15 is 0 Å². The van der Waals surface area contributed by atoms with Gasteiger partial charge in [-0.3, -0.25) is 9.48 Å². The van der Waals surface area contributed by atoms with Crippen molar-refractivity contribution in [3.05, 3.63) is 57.5 Å². The van der Waals surface area contributed by atoms with Gasteiger partial charge in [-0.2, -0.15) is 5.10 Å². The van der Waals surface area contributed by atoms with Gasteiger partial charge >= 0.3 is 0 Å². The van der Waals surface area contributed by atoms with E-state index in [0.717, 1.165) is 16.3 Å². The number of aryl methyl sites for hydroxylation is 2. The summed E-state index contributed by atoms with van der Waals surface area (Å²) in [6.07, 6.45) is 0. The molecule has 2 aromatic heterocycles. The first kappa shape index (κ1) is 20.7. The van der Waals surface area contributed by atoms with Crippen LogP contribution in [-0.2, 0) is 0 Å². The Balaban J connectivity index is 1.87. The van der Waals surface area contributed by atoms with Crippen LogP contribution >= 0.6 is 11.3 Å². The van der Waals surface area contributed by atoms with Crippen molar-refractivity contribution >= 4 is 17.2 Å². The summed E-state index contributed by atoms with van der Waals surface area (Å²) in [5.74, 6) is 0.963. The summed E-state index contributed by atoms with van der Waals surface area (Å²) in [5.41, 5.74) is 2.36. The highest BCUT2D eigenvalue weighted by atomic mass is 32.1. The third-order valence-electron chi connectivity index (χ3n) is 4.62. The molecule has 0 saturated carbocycles. The van der Waals surface area contributed by atoms with Gasteiger partial charge in [0.15, 0.2) is 11.5 Å². The molecule has 2 heterocycles. The minimum absolute atomic E-state index is 0.0983. The third-order valence-corrected chi connectivity index (χ3v) is 5.59. The predicted molar refractivity (Wildman–Crippen MR) is 113 cm³/mol. The molecule has 1 unspecified atom stereocenters. The van der Waals surface area contributed by atoms with Crippen LogP contribution in [0.1, 0.15) is 32.7 Å². The van der Waals surface area contributed by atoms with Gasteiger partial charge in [-0.25, -0.2) is 0 Å². The van der Waals surface area contributed by atoms with Gasteiger partial charge in [-0.05, 0) is 43.5 Å². The van der Waals surface area contributed by atoms with Crippen LogP contribution in [0.25, 0.3) is 0 Å². The van der Waals surface area contributed by atoms with Crippen molar-refractivity contribution in [3.63, 3.8) is 0 Å². The van der Waals surface area contributed by atoms with Crippen LogP contribution in [0.2, 0.25) is 0 Å². The van der Waals surface area contributed by atoms with Gasteiger partial charge in [0.05, 0.1) is 32.6 Å².